The van der Waals surface area contributed by atoms with Gasteiger partial charge in [-0.2, -0.15) is 0 Å². The van der Waals surface area contributed by atoms with Crippen molar-refractivity contribution in [1.29, 1.82) is 0 Å². The summed E-state index contributed by atoms with van der Waals surface area (Å²) in [6, 6.07) is 0. The van der Waals surface area contributed by atoms with Gasteiger partial charge in [-0.1, -0.05) is 0 Å². The van der Waals surface area contributed by atoms with Crippen LogP contribution < -0.4 is 159 Å². The Balaban J connectivity index is 0.00000360. The van der Waals surface area contributed by atoms with Crippen LogP contribution in [0.25, 0.3) is 22.3 Å². The molecule has 2 aliphatic rings. The van der Waals surface area contributed by atoms with E-state index in [1.165, 1.54) is 34.4 Å². The summed E-state index contributed by atoms with van der Waals surface area (Å²) in [6.07, 6.45) is -1.94. The number of aliphatic hydroxyl groups is 2. The molecule has 0 saturated carbocycles. The first-order valence-corrected chi connectivity index (χ1v) is 24.1. The second-order valence-electron chi connectivity index (χ2n) is 12.2. The molecule has 4 aromatic rings. The van der Waals surface area contributed by atoms with E-state index in [9.17, 15) is 52.6 Å². The van der Waals surface area contributed by atoms with Crippen molar-refractivity contribution in [3.05, 3.63) is 25.3 Å². The summed E-state index contributed by atoms with van der Waals surface area (Å²) in [5, 5.41) is 20.9. The minimum atomic E-state index is -5.61. The van der Waals surface area contributed by atoms with E-state index in [2.05, 4.69) is 38.5 Å². The first-order valence-electron chi connectivity index (χ1n) is 15.4. The molecule has 6 heterocycles. The van der Waals surface area contributed by atoms with Crippen LogP contribution in [0.15, 0.2) is 25.3 Å². The number of nitrogens with two attached hydrogens (primary N) is 2. The van der Waals surface area contributed by atoms with Crippen LogP contribution in [0.1, 0.15) is 25.3 Å². The Morgan fingerprint density at radius 2 is 0.983 bits per heavy atom. The fourth-order valence-electron chi connectivity index (χ4n) is 5.57. The zero-order valence-corrected chi connectivity index (χ0v) is 47.2. The van der Waals surface area contributed by atoms with Gasteiger partial charge in [-0.15, -0.1) is 0 Å². The first kappa shape index (κ1) is 60.5. The van der Waals surface area contributed by atoms with Crippen LogP contribution in [-0.2, 0) is 50.0 Å². The molecular formula is C22H32BN10Na5O17P5+5. The Bertz CT molecular complexity index is 2190. The third-order valence-corrected chi connectivity index (χ3v) is 18.6. The molecule has 0 bridgehead atoms. The largest absolute Gasteiger partial charge is 1.00 e. The van der Waals surface area contributed by atoms with Gasteiger partial charge in [0, 0.05) is 12.8 Å². The quantitative estimate of drug-likeness (QED) is 0.0382. The summed E-state index contributed by atoms with van der Waals surface area (Å²) in [5.41, 5.74) is 12.6. The summed E-state index contributed by atoms with van der Waals surface area (Å²) in [5.74, 6) is -3.39. The fourth-order valence-corrected chi connectivity index (χ4v) is 15.2. The van der Waals surface area contributed by atoms with Crippen molar-refractivity contribution >= 4 is 79.4 Å². The average molecular weight is 989 g/mol. The number of ether oxygens (including phenoxy) is 2. The average Bonchev–Trinajstić information content (AvgIpc) is 3.82. The van der Waals surface area contributed by atoms with Crippen molar-refractivity contribution in [2.45, 2.75) is 49.7 Å². The molecule has 2 saturated heterocycles. The predicted octanol–water partition coefficient (Wildman–Crippen LogP) is -14.9. The number of hydrogen-bond donors (Lipinski definition) is 8. The van der Waals surface area contributed by atoms with E-state index < -0.39 is 99.7 Å². The van der Waals surface area contributed by atoms with Crippen molar-refractivity contribution in [1.82, 2.24) is 39.0 Å². The topological polar surface area (TPSA) is 401 Å². The second-order valence-corrected chi connectivity index (χ2v) is 22.4. The van der Waals surface area contributed by atoms with Crippen molar-refractivity contribution in [2.75, 3.05) is 36.5 Å². The Morgan fingerprint density at radius 3 is 1.33 bits per heavy atom. The fraction of sp³-hybridized carbons (Fsp3) is 0.545. The van der Waals surface area contributed by atoms with E-state index >= 15 is 0 Å². The van der Waals surface area contributed by atoms with Crippen LogP contribution in [-0.4, -0.2) is 126 Å². The van der Waals surface area contributed by atoms with E-state index in [0.29, 0.717) is 0 Å². The molecule has 4 aromatic heterocycles. The SMILES string of the molecule is [B]P(=O)(OP(=O)(O)CP(=O)(O)OC[C@H]1O[C@@H](n2cnc3c(N)ncnc32)C[C@@H]1O)OP(=O)(O)CP(=O)(O)OC[C@H]1O[C@@H](n2cnc3c(N)ncnc32)C[C@@H]1O.[Na+].[Na+].[Na+].[Na+].[Na+]. The number of aromatic nitrogens is 8. The number of anilines is 2. The van der Waals surface area contributed by atoms with Gasteiger partial charge in [-0.25, -0.2) is 38.5 Å². The minimum absolute atomic E-state index is 0. The predicted molar refractivity (Wildman–Crippen MR) is 185 cm³/mol. The molecule has 0 aliphatic carbocycles. The Labute approximate surface area is 451 Å². The van der Waals surface area contributed by atoms with Gasteiger partial charge in [0.25, 0.3) is 7.47 Å². The Hall–Kier alpha value is 2.43. The molecule has 38 heteroatoms. The van der Waals surface area contributed by atoms with E-state index in [1.54, 1.807) is 0 Å². The van der Waals surface area contributed by atoms with Crippen LogP contribution in [0.5, 0.6) is 0 Å². The number of hydrogen-bond acceptors (Lipinski definition) is 21. The van der Waals surface area contributed by atoms with Gasteiger partial charge in [-0.05, 0) is 0 Å². The minimum Gasteiger partial charge on any atom is -0.390 e. The number of nitrogens with zero attached hydrogens (tertiary/aromatic N) is 8. The molecule has 60 heavy (non-hydrogen) atoms. The van der Waals surface area contributed by atoms with E-state index in [-0.39, 0.29) is 195 Å². The van der Waals surface area contributed by atoms with Gasteiger partial charge in [-0.3, -0.25) is 32.0 Å². The van der Waals surface area contributed by atoms with Crippen LogP contribution in [0.3, 0.4) is 0 Å². The second kappa shape index (κ2) is 24.1. The Kier molecular flexibility index (Phi) is 24.3. The third kappa shape index (κ3) is 15.7. The molecule has 10 N–H and O–H groups in total. The molecule has 10 atom stereocenters. The molecule has 2 aliphatic heterocycles. The number of nitrogen functional groups attached to an aromatic ring is 2. The summed E-state index contributed by atoms with van der Waals surface area (Å²) in [6.45, 7) is -1.62. The monoisotopic (exact) mass is 989 g/mol. The number of rotatable bonds is 16. The Morgan fingerprint density at radius 1 is 0.633 bits per heavy atom. The van der Waals surface area contributed by atoms with Gasteiger partial charge in [0.2, 0.25) is 7.57 Å². The molecule has 0 aromatic carbocycles. The van der Waals surface area contributed by atoms with Crippen LogP contribution in [0.2, 0.25) is 0 Å². The summed E-state index contributed by atoms with van der Waals surface area (Å²) >= 11 is 0. The summed E-state index contributed by atoms with van der Waals surface area (Å²) in [4.78, 5) is 64.7. The van der Waals surface area contributed by atoms with E-state index in [1.807, 2.05) is 0 Å². The number of fused-ring (bicyclic) bond motifs is 2. The summed E-state index contributed by atoms with van der Waals surface area (Å²) < 4.78 is 95.6. The van der Waals surface area contributed by atoms with Gasteiger partial charge >= 0.3 is 178 Å². The molecule has 0 amide bonds. The van der Waals surface area contributed by atoms with Gasteiger partial charge < -0.3 is 59.8 Å². The molecule has 4 unspecified atom stereocenters. The van der Waals surface area contributed by atoms with Gasteiger partial charge in [0.05, 0.1) is 38.1 Å². The van der Waals surface area contributed by atoms with Crippen LogP contribution in [0.4, 0.5) is 11.6 Å². The normalized spacial score (nSPS) is 26.3. The molecular weight excluding hydrogens is 957 g/mol. The van der Waals surface area contributed by atoms with Crippen LogP contribution in [0, 0.1) is 0 Å². The molecule has 6 rings (SSSR count). The number of aliphatic hydroxyl groups excluding tert-OH is 2. The van der Waals surface area contributed by atoms with Crippen molar-refractivity contribution < 1.29 is 228 Å². The van der Waals surface area contributed by atoms with Gasteiger partial charge in [0.1, 0.15) is 48.4 Å². The van der Waals surface area contributed by atoms with Crippen molar-refractivity contribution in [3.63, 3.8) is 0 Å². The molecule has 300 valence electrons. The van der Waals surface area contributed by atoms with Crippen molar-refractivity contribution in [3.8, 4) is 0 Å². The molecule has 27 nitrogen and oxygen atoms in total. The zero-order chi connectivity index (χ0) is 40.1. The van der Waals surface area contributed by atoms with E-state index in [4.69, 9.17) is 37.6 Å². The number of imidazole rings is 2. The molecule has 2 radical (unpaired) electrons. The zero-order valence-electron chi connectivity index (χ0n) is 32.7. The van der Waals surface area contributed by atoms with Gasteiger partial charge in [0.15, 0.2) is 34.7 Å². The standard InChI is InChI=1S/C22H32BN10O17P5.5Na/c23-55(44,49-53(40,41)9-51(36,37)45-3-13-11(34)1-15(47-13)32-7-30-17-19(24)26-5-28-21(17)32)50-54(42,43)10-52(38,39)46-4-14-12(35)2-16(48-14)33-8-31-18-20(25)27-6-29-22(18)33;;;;;/h5-8,11-16,34-35H,1-4,9-10H2,(H,36,37)(H,38,39)(H,40,41)(H,42,43)(H2,24,26,28)(H2,25,27,29);;;;;/q;5*+1/t11-,12-,13+,14+,15+,16+;;;;;/m0...../s1. The van der Waals surface area contributed by atoms with Crippen LogP contribution >= 0.6 is 37.9 Å². The van der Waals surface area contributed by atoms with Crippen molar-refractivity contribution in [2.24, 2.45) is 0 Å². The summed E-state index contributed by atoms with van der Waals surface area (Å²) in [7, 11) is -21.9. The van der Waals surface area contributed by atoms with E-state index in [0.717, 1.165) is 0 Å². The molecule has 0 spiro atoms. The smallest absolute Gasteiger partial charge is 0.390 e. The maximum atomic E-state index is 12.7. The maximum absolute atomic E-state index is 12.7. The molecule has 2 fully saturated rings. The maximum Gasteiger partial charge on any atom is 1.00 e. The third-order valence-electron chi connectivity index (χ3n) is 7.88. The first-order chi connectivity index (χ1) is 25.5.